The zero-order valence-corrected chi connectivity index (χ0v) is 18.5. The molecule has 2 fully saturated rings. The molecule has 7 nitrogen and oxygen atoms in total. The number of hydrogen-bond donors (Lipinski definition) is 5. The number of ether oxygens (including phenoxy) is 1. The summed E-state index contributed by atoms with van der Waals surface area (Å²) in [7, 11) is 0. The van der Waals surface area contributed by atoms with E-state index in [2.05, 4.69) is 18.2 Å². The van der Waals surface area contributed by atoms with E-state index in [0.717, 1.165) is 5.56 Å². The first-order chi connectivity index (χ1) is 15.3. The molecule has 0 aromatic heterocycles. The molecule has 2 aromatic rings. The smallest absolute Gasteiger partial charge is 0.223 e. The fourth-order valence-electron chi connectivity index (χ4n) is 4.24. The minimum atomic E-state index is -2.37. The molecule has 32 heavy (non-hydrogen) atoms. The Balaban J connectivity index is 1.74. The number of aliphatic hydroxyl groups excluding tert-OH is 4. The molecule has 2 aliphatic rings. The third-order valence-corrected chi connectivity index (χ3v) is 7.10. The van der Waals surface area contributed by atoms with Gasteiger partial charge in [0, 0.05) is 10.5 Å². The van der Waals surface area contributed by atoms with Crippen molar-refractivity contribution >= 4 is 11.8 Å². The highest BCUT2D eigenvalue weighted by Gasteiger charge is 2.54. The lowest BCUT2D eigenvalue weighted by atomic mass is 9.86. The molecule has 5 N–H and O–H groups in total. The summed E-state index contributed by atoms with van der Waals surface area (Å²) in [5, 5.41) is 61.5. The average molecular weight is 458 g/mol. The second kappa shape index (κ2) is 9.12. The monoisotopic (exact) mass is 457 g/mol. The molecule has 1 aliphatic heterocycles. The summed E-state index contributed by atoms with van der Waals surface area (Å²) in [6.07, 6.45) is -1.82. The first kappa shape index (κ1) is 23.2. The lowest BCUT2D eigenvalue weighted by molar-refractivity contribution is -0.358. The van der Waals surface area contributed by atoms with Gasteiger partial charge in [-0.25, -0.2) is 0 Å². The molecular weight excluding hydrogens is 430 g/mol. The largest absolute Gasteiger partial charge is 0.394 e. The van der Waals surface area contributed by atoms with Crippen LogP contribution in [0.2, 0.25) is 0 Å². The molecule has 2 aromatic carbocycles. The van der Waals surface area contributed by atoms with Gasteiger partial charge in [0.15, 0.2) is 0 Å². The van der Waals surface area contributed by atoms with E-state index in [1.807, 2.05) is 12.1 Å². The van der Waals surface area contributed by atoms with Gasteiger partial charge in [-0.3, -0.25) is 0 Å². The fourth-order valence-corrected chi connectivity index (χ4v) is 4.91. The van der Waals surface area contributed by atoms with E-state index in [4.69, 9.17) is 4.74 Å². The van der Waals surface area contributed by atoms with Crippen LogP contribution in [-0.2, 0) is 16.9 Å². The molecule has 170 valence electrons. The summed E-state index contributed by atoms with van der Waals surface area (Å²) < 4.78 is 5.52. The summed E-state index contributed by atoms with van der Waals surface area (Å²) >= 11 is 1.25. The molecule has 0 bridgehead atoms. The quantitative estimate of drug-likeness (QED) is 0.411. The number of thioether (sulfide) groups is 1. The van der Waals surface area contributed by atoms with Crippen LogP contribution in [0.5, 0.6) is 0 Å². The highest BCUT2D eigenvalue weighted by molar-refractivity contribution is 7.98. The van der Waals surface area contributed by atoms with Gasteiger partial charge in [-0.1, -0.05) is 24.3 Å². The van der Waals surface area contributed by atoms with Crippen LogP contribution in [0.15, 0.2) is 41.3 Å². The molecule has 0 radical (unpaired) electrons. The Bertz CT molecular complexity index is 1020. The number of nitriles is 1. The Morgan fingerprint density at radius 2 is 1.81 bits per heavy atom. The van der Waals surface area contributed by atoms with E-state index in [1.165, 1.54) is 30.2 Å². The SMILES string of the molecule is CSc1cc(C#N)c(Cc2ccc(C3CC3)cc2)cc1[C@@]1(O)O[C@H](CO)[C@@H](O)[C@H](O)[C@H]1O. The third-order valence-electron chi connectivity index (χ3n) is 6.32. The van der Waals surface area contributed by atoms with Crippen molar-refractivity contribution in [1.29, 1.82) is 5.26 Å². The predicted octanol–water partition coefficient (Wildman–Crippen LogP) is 1.37. The number of aliphatic hydroxyl groups is 5. The van der Waals surface area contributed by atoms with Crippen LogP contribution in [0.1, 0.15) is 46.6 Å². The zero-order chi connectivity index (χ0) is 23.0. The molecular formula is C24H27NO6S. The third kappa shape index (κ3) is 4.18. The van der Waals surface area contributed by atoms with Crippen molar-refractivity contribution in [2.24, 2.45) is 0 Å². The summed E-state index contributed by atoms with van der Waals surface area (Å²) in [4.78, 5) is 0.483. The van der Waals surface area contributed by atoms with Gasteiger partial charge in [0.05, 0.1) is 18.2 Å². The van der Waals surface area contributed by atoms with Crippen molar-refractivity contribution in [3.05, 3.63) is 64.2 Å². The van der Waals surface area contributed by atoms with Crippen molar-refractivity contribution in [1.82, 2.24) is 0 Å². The molecule has 0 spiro atoms. The number of hydrogen-bond acceptors (Lipinski definition) is 8. The Kier molecular flexibility index (Phi) is 6.61. The summed E-state index contributed by atoms with van der Waals surface area (Å²) in [5.74, 6) is -1.73. The maximum absolute atomic E-state index is 11.3. The zero-order valence-electron chi connectivity index (χ0n) is 17.7. The number of benzene rings is 2. The summed E-state index contributed by atoms with van der Waals surface area (Å²) in [6, 6.07) is 13.7. The second-order valence-corrected chi connectivity index (χ2v) is 9.32. The maximum atomic E-state index is 11.3. The minimum absolute atomic E-state index is 0.172. The highest BCUT2D eigenvalue weighted by Crippen LogP contribution is 2.42. The summed E-state index contributed by atoms with van der Waals surface area (Å²) in [6.45, 7) is -0.654. The average Bonchev–Trinajstić information content (AvgIpc) is 3.66. The van der Waals surface area contributed by atoms with E-state index in [-0.39, 0.29) is 5.56 Å². The molecule has 1 aliphatic carbocycles. The van der Waals surface area contributed by atoms with Crippen LogP contribution >= 0.6 is 11.8 Å². The Labute approximate surface area is 190 Å². The molecule has 0 amide bonds. The van der Waals surface area contributed by atoms with E-state index in [9.17, 15) is 30.8 Å². The van der Waals surface area contributed by atoms with E-state index >= 15 is 0 Å². The van der Waals surface area contributed by atoms with Gasteiger partial charge in [0.25, 0.3) is 0 Å². The Morgan fingerprint density at radius 3 is 2.38 bits per heavy atom. The van der Waals surface area contributed by atoms with Crippen LogP contribution < -0.4 is 0 Å². The van der Waals surface area contributed by atoms with Gasteiger partial charge in [-0.05, 0) is 60.3 Å². The predicted molar refractivity (Wildman–Crippen MR) is 118 cm³/mol. The molecule has 1 saturated carbocycles. The van der Waals surface area contributed by atoms with E-state index < -0.39 is 36.8 Å². The molecule has 4 rings (SSSR count). The van der Waals surface area contributed by atoms with E-state index in [1.54, 1.807) is 18.4 Å². The Morgan fingerprint density at radius 1 is 1.12 bits per heavy atom. The first-order valence-electron chi connectivity index (χ1n) is 10.6. The van der Waals surface area contributed by atoms with E-state index in [0.29, 0.717) is 28.4 Å². The minimum Gasteiger partial charge on any atom is -0.394 e. The van der Waals surface area contributed by atoms with Gasteiger partial charge in [0.2, 0.25) is 5.79 Å². The number of rotatable bonds is 6. The second-order valence-electron chi connectivity index (χ2n) is 8.48. The van der Waals surface area contributed by atoms with Gasteiger partial charge in [0.1, 0.15) is 24.4 Å². The normalized spacial score (nSPS) is 30.2. The number of nitrogens with zero attached hydrogens (tertiary/aromatic N) is 1. The first-order valence-corrected chi connectivity index (χ1v) is 11.8. The fraction of sp³-hybridized carbons (Fsp3) is 0.458. The van der Waals surface area contributed by atoms with Crippen LogP contribution in [-0.4, -0.2) is 62.8 Å². The van der Waals surface area contributed by atoms with Crippen LogP contribution in [0.3, 0.4) is 0 Å². The van der Waals surface area contributed by atoms with Crippen LogP contribution in [0.25, 0.3) is 0 Å². The topological polar surface area (TPSA) is 134 Å². The standard InChI is InChI=1S/C24H27NO6S/c1-32-20-10-17(11-25)16(8-13-2-4-14(5-3-13)15-6-7-15)9-18(20)24(30)23(29)22(28)21(27)19(12-26)31-24/h2-5,9-10,15,19,21-23,26-30H,6-8,12H2,1H3/t19-,21-,22+,23-,24-/m1/s1. The van der Waals surface area contributed by atoms with Crippen molar-refractivity contribution in [3.8, 4) is 6.07 Å². The molecule has 5 atom stereocenters. The van der Waals surface area contributed by atoms with Gasteiger partial charge in [-0.15, -0.1) is 11.8 Å². The van der Waals surface area contributed by atoms with Crippen molar-refractivity contribution in [3.63, 3.8) is 0 Å². The van der Waals surface area contributed by atoms with Crippen molar-refractivity contribution in [2.45, 2.75) is 60.3 Å². The maximum Gasteiger partial charge on any atom is 0.223 e. The molecule has 1 saturated heterocycles. The van der Waals surface area contributed by atoms with Gasteiger partial charge in [-0.2, -0.15) is 5.26 Å². The van der Waals surface area contributed by atoms with Gasteiger partial charge < -0.3 is 30.3 Å². The lowest BCUT2D eigenvalue weighted by Crippen LogP contribution is -2.63. The van der Waals surface area contributed by atoms with Crippen LogP contribution in [0.4, 0.5) is 0 Å². The molecule has 0 unspecified atom stereocenters. The van der Waals surface area contributed by atoms with Gasteiger partial charge >= 0.3 is 0 Å². The highest BCUT2D eigenvalue weighted by atomic mass is 32.2. The van der Waals surface area contributed by atoms with Crippen molar-refractivity contribution < 1.29 is 30.3 Å². The summed E-state index contributed by atoms with van der Waals surface area (Å²) in [5.41, 5.74) is 3.53. The molecule has 1 heterocycles. The molecule has 8 heteroatoms. The lowest BCUT2D eigenvalue weighted by Gasteiger charge is -2.46. The van der Waals surface area contributed by atoms with Crippen LogP contribution in [0, 0.1) is 11.3 Å². The Hall–Kier alpha value is -1.96. The van der Waals surface area contributed by atoms with Crippen molar-refractivity contribution in [2.75, 3.05) is 12.9 Å².